The minimum absolute atomic E-state index is 0.184. The summed E-state index contributed by atoms with van der Waals surface area (Å²) >= 11 is 2.85. The lowest BCUT2D eigenvalue weighted by Crippen LogP contribution is -2.50. The molecule has 0 radical (unpaired) electrons. The number of carbonyl (C=O) groups excluding carboxylic acids is 1. The average Bonchev–Trinajstić information content (AvgIpc) is 3.09. The molecule has 0 saturated carbocycles. The zero-order valence-electron chi connectivity index (χ0n) is 11.6. The van der Waals surface area contributed by atoms with Gasteiger partial charge in [-0.1, -0.05) is 6.07 Å². The number of hydrogen-bond acceptors (Lipinski definition) is 7. The number of amides is 1. The van der Waals surface area contributed by atoms with Crippen molar-refractivity contribution in [1.82, 2.24) is 10.6 Å². The summed E-state index contributed by atoms with van der Waals surface area (Å²) in [5.41, 5.74) is 0. The van der Waals surface area contributed by atoms with Crippen molar-refractivity contribution in [2.45, 2.75) is 30.2 Å². The molecule has 120 valence electrons. The number of carboxylic acids is 1. The van der Waals surface area contributed by atoms with Gasteiger partial charge in [0.2, 0.25) is 5.91 Å². The largest absolute Gasteiger partial charge is 0.480 e. The summed E-state index contributed by atoms with van der Waals surface area (Å²) in [6.07, 6.45) is 0.423. The van der Waals surface area contributed by atoms with Crippen molar-refractivity contribution in [3.8, 4) is 0 Å². The molecule has 1 aliphatic rings. The van der Waals surface area contributed by atoms with Gasteiger partial charge in [-0.15, -0.1) is 23.1 Å². The molecular formula is C12H17BN2O5S2. The molecular weight excluding hydrogens is 327 g/mol. The summed E-state index contributed by atoms with van der Waals surface area (Å²) in [6.45, 7) is 0. The van der Waals surface area contributed by atoms with Gasteiger partial charge in [-0.3, -0.25) is 14.9 Å². The van der Waals surface area contributed by atoms with Gasteiger partial charge >= 0.3 is 13.1 Å². The van der Waals surface area contributed by atoms with Gasteiger partial charge in [-0.05, 0) is 17.9 Å². The number of thiophene rings is 1. The molecule has 2 unspecified atom stereocenters. The van der Waals surface area contributed by atoms with Crippen LogP contribution in [0.4, 0.5) is 0 Å². The predicted octanol–water partition coefficient (Wildman–Crippen LogP) is -0.707. The molecule has 0 aromatic carbocycles. The fourth-order valence-corrected chi connectivity index (χ4v) is 4.10. The molecule has 2 heterocycles. The van der Waals surface area contributed by atoms with Gasteiger partial charge in [-0.2, -0.15) is 0 Å². The average molecular weight is 344 g/mol. The smallest absolute Gasteiger partial charge is 0.475 e. The van der Waals surface area contributed by atoms with Gasteiger partial charge in [0.1, 0.15) is 6.04 Å². The molecule has 1 saturated heterocycles. The maximum atomic E-state index is 11.9. The van der Waals surface area contributed by atoms with Crippen molar-refractivity contribution in [1.29, 1.82) is 0 Å². The van der Waals surface area contributed by atoms with E-state index in [2.05, 4.69) is 10.6 Å². The Bertz CT molecular complexity index is 514. The Kier molecular flexibility index (Phi) is 6.27. The van der Waals surface area contributed by atoms with Crippen LogP contribution in [0, 0.1) is 0 Å². The van der Waals surface area contributed by atoms with Crippen LogP contribution in [0.1, 0.15) is 11.3 Å². The van der Waals surface area contributed by atoms with Gasteiger partial charge in [0.15, 0.2) is 0 Å². The molecule has 22 heavy (non-hydrogen) atoms. The van der Waals surface area contributed by atoms with E-state index in [0.717, 1.165) is 4.88 Å². The van der Waals surface area contributed by atoms with E-state index in [4.69, 9.17) is 5.11 Å². The normalized spacial score (nSPS) is 22.3. The second kappa shape index (κ2) is 7.98. The third kappa shape index (κ3) is 4.99. The van der Waals surface area contributed by atoms with Crippen molar-refractivity contribution < 1.29 is 24.7 Å². The van der Waals surface area contributed by atoms with E-state index in [0.29, 0.717) is 5.75 Å². The van der Waals surface area contributed by atoms with Gasteiger partial charge < -0.3 is 20.5 Å². The van der Waals surface area contributed by atoms with Crippen LogP contribution in [-0.4, -0.2) is 57.3 Å². The minimum Gasteiger partial charge on any atom is -0.480 e. The second-order valence-electron chi connectivity index (χ2n) is 4.96. The first-order valence-corrected chi connectivity index (χ1v) is 8.67. The van der Waals surface area contributed by atoms with Crippen LogP contribution in [0.25, 0.3) is 0 Å². The summed E-state index contributed by atoms with van der Waals surface area (Å²) < 4.78 is 0. The summed E-state index contributed by atoms with van der Waals surface area (Å²) in [5.74, 6) is -1.65. The molecule has 10 heteroatoms. The molecule has 0 aliphatic carbocycles. The molecule has 1 aromatic rings. The van der Waals surface area contributed by atoms with Crippen molar-refractivity contribution >= 4 is 42.1 Å². The van der Waals surface area contributed by atoms with E-state index in [1.807, 2.05) is 17.5 Å². The van der Waals surface area contributed by atoms with Gasteiger partial charge in [0.25, 0.3) is 0 Å². The van der Waals surface area contributed by atoms with E-state index >= 15 is 0 Å². The van der Waals surface area contributed by atoms with Crippen LogP contribution in [0.15, 0.2) is 17.5 Å². The summed E-state index contributed by atoms with van der Waals surface area (Å²) in [4.78, 5) is 23.7. The monoisotopic (exact) mass is 344 g/mol. The number of nitrogens with one attached hydrogen (secondary N) is 2. The molecule has 0 bridgehead atoms. The fraction of sp³-hybridized carbons (Fsp3) is 0.500. The van der Waals surface area contributed by atoms with Crippen molar-refractivity contribution in [3.63, 3.8) is 0 Å². The number of hydrogen-bond donors (Lipinski definition) is 5. The summed E-state index contributed by atoms with van der Waals surface area (Å²) in [6, 6.07) is 3.03. The van der Waals surface area contributed by atoms with E-state index in [1.165, 1.54) is 23.1 Å². The lowest BCUT2D eigenvalue weighted by atomic mass is 9.77. The standard InChI is InChI=1S/C12H17BN2O5S2/c16-10(4-7-2-1-3-21-7)15-9(13(19)20)5-11-14-8(6-22-11)12(17)18/h1-3,8-9,11,14,19-20H,4-6H2,(H,15,16)(H,17,18)/t8?,9-,11?/m1/s1. The highest BCUT2D eigenvalue weighted by Gasteiger charge is 2.34. The third-order valence-electron chi connectivity index (χ3n) is 3.24. The zero-order chi connectivity index (χ0) is 16.1. The molecule has 2 rings (SSSR count). The molecule has 5 N–H and O–H groups in total. The minimum atomic E-state index is -1.70. The van der Waals surface area contributed by atoms with Crippen molar-refractivity contribution in [2.75, 3.05) is 5.75 Å². The first kappa shape index (κ1) is 17.3. The van der Waals surface area contributed by atoms with Crippen LogP contribution in [0.3, 0.4) is 0 Å². The Morgan fingerprint density at radius 2 is 2.27 bits per heavy atom. The molecule has 1 aliphatic heterocycles. The fourth-order valence-electron chi connectivity index (χ4n) is 2.13. The highest BCUT2D eigenvalue weighted by atomic mass is 32.2. The maximum Gasteiger partial charge on any atom is 0.475 e. The Balaban J connectivity index is 1.85. The summed E-state index contributed by atoms with van der Waals surface area (Å²) in [5, 5.41) is 34.9. The second-order valence-corrected chi connectivity index (χ2v) is 7.23. The molecule has 1 aromatic heterocycles. The summed E-state index contributed by atoms with van der Waals surface area (Å²) in [7, 11) is -1.70. The number of aliphatic carboxylic acids is 1. The Morgan fingerprint density at radius 3 is 2.82 bits per heavy atom. The highest BCUT2D eigenvalue weighted by Crippen LogP contribution is 2.23. The van der Waals surface area contributed by atoms with Crippen molar-refractivity contribution in [2.24, 2.45) is 0 Å². The maximum absolute atomic E-state index is 11.9. The van der Waals surface area contributed by atoms with E-state index < -0.39 is 25.1 Å². The molecule has 7 nitrogen and oxygen atoms in total. The van der Waals surface area contributed by atoms with E-state index in [9.17, 15) is 19.6 Å². The first-order valence-electron chi connectivity index (χ1n) is 6.74. The van der Waals surface area contributed by atoms with Crippen LogP contribution in [0.2, 0.25) is 0 Å². The first-order chi connectivity index (χ1) is 10.5. The molecule has 3 atom stereocenters. The highest BCUT2D eigenvalue weighted by molar-refractivity contribution is 8.00. The lowest BCUT2D eigenvalue weighted by molar-refractivity contribution is -0.138. The van der Waals surface area contributed by atoms with Crippen LogP contribution < -0.4 is 10.6 Å². The Morgan fingerprint density at radius 1 is 1.50 bits per heavy atom. The van der Waals surface area contributed by atoms with Crippen molar-refractivity contribution in [3.05, 3.63) is 22.4 Å². The van der Waals surface area contributed by atoms with E-state index in [1.54, 1.807) is 0 Å². The van der Waals surface area contributed by atoms with Gasteiger partial charge in [-0.25, -0.2) is 0 Å². The molecule has 1 fully saturated rings. The predicted molar refractivity (Wildman–Crippen MR) is 85.6 cm³/mol. The van der Waals surface area contributed by atoms with Crippen LogP contribution in [-0.2, 0) is 16.0 Å². The van der Waals surface area contributed by atoms with Crippen LogP contribution >= 0.6 is 23.1 Å². The molecule has 0 spiro atoms. The number of carboxylic acid groups (broad SMARTS) is 1. The van der Waals surface area contributed by atoms with Gasteiger partial charge in [0, 0.05) is 10.6 Å². The molecule has 1 amide bonds. The quantitative estimate of drug-likeness (QED) is 0.415. The number of carbonyl (C=O) groups is 2. The number of thioether (sulfide) groups is 1. The SMILES string of the molecule is O=C(Cc1cccs1)N[C@H](CC1NC(C(=O)O)CS1)B(O)O. The number of rotatable bonds is 7. The van der Waals surface area contributed by atoms with Gasteiger partial charge in [0.05, 0.1) is 17.7 Å². The topological polar surface area (TPSA) is 119 Å². The zero-order valence-corrected chi connectivity index (χ0v) is 13.3. The Labute approximate surface area is 136 Å². The third-order valence-corrected chi connectivity index (χ3v) is 5.37. The van der Waals surface area contributed by atoms with E-state index in [-0.39, 0.29) is 24.1 Å². The Hall–Kier alpha value is -1.07. The van der Waals surface area contributed by atoms with Crippen LogP contribution in [0.5, 0.6) is 0 Å². The lowest BCUT2D eigenvalue weighted by Gasteiger charge is -2.21.